The van der Waals surface area contributed by atoms with Crippen molar-refractivity contribution in [2.24, 2.45) is 7.05 Å². The van der Waals surface area contributed by atoms with Gasteiger partial charge in [-0.25, -0.2) is 9.97 Å². The van der Waals surface area contributed by atoms with Crippen molar-refractivity contribution in [1.82, 2.24) is 24.7 Å². The molecule has 4 rings (SSSR count). The van der Waals surface area contributed by atoms with Gasteiger partial charge in [0.15, 0.2) is 5.65 Å². The molecular formula is C26H31N5O4. The van der Waals surface area contributed by atoms with Crippen LogP contribution in [0.2, 0.25) is 0 Å². The highest BCUT2D eigenvalue weighted by Gasteiger charge is 2.21. The van der Waals surface area contributed by atoms with E-state index in [4.69, 9.17) is 28.9 Å². The van der Waals surface area contributed by atoms with Gasteiger partial charge in [0.05, 0.1) is 56.8 Å². The number of fused-ring (bicyclic) bond motifs is 1. The van der Waals surface area contributed by atoms with Gasteiger partial charge in [0.25, 0.3) is 0 Å². The second-order valence-electron chi connectivity index (χ2n) is 9.09. The van der Waals surface area contributed by atoms with Crippen LogP contribution in [0, 0.1) is 0 Å². The Bertz CT molecular complexity index is 1280. The van der Waals surface area contributed by atoms with Gasteiger partial charge in [-0.2, -0.15) is 5.10 Å². The molecule has 1 aromatic carbocycles. The molecule has 0 radical (unpaired) electrons. The smallest absolute Gasteiger partial charge is 0.179 e. The molecule has 0 fully saturated rings. The Hall–Kier alpha value is -3.56. The molecular weight excluding hydrogens is 446 g/mol. The monoisotopic (exact) mass is 477 g/mol. The number of aromatic nitrogens is 5. The molecule has 0 aliphatic carbocycles. The standard InChI is InChI=1S/C26H31N5O4/c1-26(2,3)35-10-9-34-24(17-11-19(32-5)13-20(12-17)33-6)21-7-8-22-25(29-21)30-23(15-27-22)18-14-28-31(4)16-18/h7-8,11-16,24H,9-10H2,1-6H3. The fraction of sp³-hybridized carbons (Fsp3) is 0.385. The first-order valence-electron chi connectivity index (χ1n) is 11.4. The fourth-order valence-electron chi connectivity index (χ4n) is 3.60. The van der Waals surface area contributed by atoms with E-state index in [0.717, 1.165) is 11.1 Å². The lowest BCUT2D eigenvalue weighted by molar-refractivity contribution is -0.0461. The van der Waals surface area contributed by atoms with Gasteiger partial charge in [0, 0.05) is 24.9 Å². The molecule has 0 saturated heterocycles. The molecule has 1 unspecified atom stereocenters. The van der Waals surface area contributed by atoms with Crippen LogP contribution in [0.15, 0.2) is 48.9 Å². The van der Waals surface area contributed by atoms with E-state index in [1.807, 2.05) is 64.3 Å². The maximum Gasteiger partial charge on any atom is 0.179 e. The van der Waals surface area contributed by atoms with Crippen molar-refractivity contribution in [3.8, 4) is 22.8 Å². The lowest BCUT2D eigenvalue weighted by Gasteiger charge is -2.22. The highest BCUT2D eigenvalue weighted by Crippen LogP contribution is 2.32. The van der Waals surface area contributed by atoms with Crippen LogP contribution in [-0.2, 0) is 16.5 Å². The van der Waals surface area contributed by atoms with E-state index in [1.165, 1.54) is 0 Å². The molecule has 0 saturated carbocycles. The fourth-order valence-corrected chi connectivity index (χ4v) is 3.60. The number of hydrogen-bond acceptors (Lipinski definition) is 8. The topological polar surface area (TPSA) is 93.4 Å². The molecule has 1 atom stereocenters. The summed E-state index contributed by atoms with van der Waals surface area (Å²) >= 11 is 0. The minimum absolute atomic E-state index is 0.252. The summed E-state index contributed by atoms with van der Waals surface area (Å²) in [6.45, 7) is 6.87. The van der Waals surface area contributed by atoms with Gasteiger partial charge in [-0.3, -0.25) is 9.67 Å². The second kappa shape index (κ2) is 10.4. The zero-order chi connectivity index (χ0) is 25.0. The average molecular weight is 478 g/mol. The lowest BCUT2D eigenvalue weighted by Crippen LogP contribution is -2.22. The zero-order valence-corrected chi connectivity index (χ0v) is 21.0. The normalized spacial score (nSPS) is 12.6. The molecule has 9 heteroatoms. The first-order chi connectivity index (χ1) is 16.8. The third-order valence-electron chi connectivity index (χ3n) is 5.28. The Balaban J connectivity index is 1.71. The highest BCUT2D eigenvalue weighted by molar-refractivity contribution is 5.73. The van der Waals surface area contributed by atoms with Gasteiger partial charge >= 0.3 is 0 Å². The summed E-state index contributed by atoms with van der Waals surface area (Å²) in [7, 11) is 5.10. The predicted octanol–water partition coefficient (Wildman–Crippen LogP) is 4.36. The Morgan fingerprint density at radius 2 is 1.69 bits per heavy atom. The number of ether oxygens (including phenoxy) is 4. The van der Waals surface area contributed by atoms with Gasteiger partial charge < -0.3 is 18.9 Å². The third kappa shape index (κ3) is 6.12. The summed E-state index contributed by atoms with van der Waals surface area (Å²) in [6.07, 6.45) is 4.88. The van der Waals surface area contributed by atoms with E-state index in [9.17, 15) is 0 Å². The Morgan fingerprint density at radius 3 is 2.31 bits per heavy atom. The Morgan fingerprint density at radius 1 is 0.943 bits per heavy atom. The van der Waals surface area contributed by atoms with Crippen molar-refractivity contribution >= 4 is 11.2 Å². The van der Waals surface area contributed by atoms with Gasteiger partial charge in [0.2, 0.25) is 0 Å². The average Bonchev–Trinajstić information content (AvgIpc) is 3.28. The minimum Gasteiger partial charge on any atom is -0.497 e. The first kappa shape index (κ1) is 24.6. The molecule has 0 spiro atoms. The number of rotatable bonds is 9. The minimum atomic E-state index is -0.490. The van der Waals surface area contributed by atoms with Crippen molar-refractivity contribution in [3.63, 3.8) is 0 Å². The third-order valence-corrected chi connectivity index (χ3v) is 5.28. The molecule has 4 aromatic rings. The van der Waals surface area contributed by atoms with Crippen molar-refractivity contribution in [3.05, 3.63) is 60.2 Å². The molecule has 9 nitrogen and oxygen atoms in total. The van der Waals surface area contributed by atoms with E-state index in [2.05, 4.69) is 10.1 Å². The molecule has 0 aliphatic heterocycles. The number of benzene rings is 1. The number of methoxy groups -OCH3 is 2. The van der Waals surface area contributed by atoms with E-state index in [1.54, 1.807) is 31.3 Å². The van der Waals surface area contributed by atoms with Gasteiger partial charge in [-0.1, -0.05) is 0 Å². The molecule has 0 N–H and O–H groups in total. The summed E-state index contributed by atoms with van der Waals surface area (Å²) in [6, 6.07) is 9.46. The molecule has 3 heterocycles. The summed E-state index contributed by atoms with van der Waals surface area (Å²) in [5, 5.41) is 4.22. The van der Waals surface area contributed by atoms with Crippen molar-refractivity contribution < 1.29 is 18.9 Å². The number of nitrogens with zero attached hydrogens (tertiary/aromatic N) is 5. The van der Waals surface area contributed by atoms with Crippen LogP contribution in [0.1, 0.15) is 38.1 Å². The first-order valence-corrected chi connectivity index (χ1v) is 11.4. The Labute approximate surface area is 205 Å². The highest BCUT2D eigenvalue weighted by atomic mass is 16.5. The van der Waals surface area contributed by atoms with Crippen molar-refractivity contribution in [2.75, 3.05) is 27.4 Å². The second-order valence-corrected chi connectivity index (χ2v) is 9.09. The SMILES string of the molecule is COc1cc(OC)cc(C(OCCOC(C)(C)C)c2ccc3ncc(-c4cnn(C)c4)nc3n2)c1. The van der Waals surface area contributed by atoms with E-state index in [0.29, 0.717) is 47.3 Å². The van der Waals surface area contributed by atoms with Crippen LogP contribution in [0.4, 0.5) is 0 Å². The van der Waals surface area contributed by atoms with Crippen LogP contribution in [-0.4, -0.2) is 57.8 Å². The van der Waals surface area contributed by atoms with Crippen LogP contribution in [0.25, 0.3) is 22.4 Å². The van der Waals surface area contributed by atoms with Gasteiger partial charge in [0.1, 0.15) is 23.1 Å². The van der Waals surface area contributed by atoms with Crippen molar-refractivity contribution in [1.29, 1.82) is 0 Å². The quantitative estimate of drug-likeness (QED) is 0.328. The predicted molar refractivity (Wildman–Crippen MR) is 133 cm³/mol. The van der Waals surface area contributed by atoms with Crippen LogP contribution in [0.5, 0.6) is 11.5 Å². The maximum absolute atomic E-state index is 6.32. The summed E-state index contributed by atoms with van der Waals surface area (Å²) in [5.41, 5.74) is 4.09. The number of hydrogen-bond donors (Lipinski definition) is 0. The Kier molecular flexibility index (Phi) is 7.28. The number of aryl methyl sites for hydroxylation is 1. The lowest BCUT2D eigenvalue weighted by atomic mass is 10.0. The van der Waals surface area contributed by atoms with Gasteiger partial charge in [-0.15, -0.1) is 0 Å². The van der Waals surface area contributed by atoms with Crippen LogP contribution < -0.4 is 9.47 Å². The van der Waals surface area contributed by atoms with Crippen molar-refractivity contribution in [2.45, 2.75) is 32.5 Å². The molecule has 0 amide bonds. The molecule has 3 aromatic heterocycles. The zero-order valence-electron chi connectivity index (χ0n) is 21.0. The number of pyridine rings is 1. The summed E-state index contributed by atoms with van der Waals surface area (Å²) < 4.78 is 24.9. The summed E-state index contributed by atoms with van der Waals surface area (Å²) in [4.78, 5) is 14.1. The molecule has 0 bridgehead atoms. The maximum atomic E-state index is 6.32. The molecule has 184 valence electrons. The van der Waals surface area contributed by atoms with Crippen LogP contribution in [0.3, 0.4) is 0 Å². The largest absolute Gasteiger partial charge is 0.497 e. The van der Waals surface area contributed by atoms with E-state index >= 15 is 0 Å². The van der Waals surface area contributed by atoms with Gasteiger partial charge in [-0.05, 0) is 50.6 Å². The molecule has 0 aliphatic rings. The molecule has 35 heavy (non-hydrogen) atoms. The van der Waals surface area contributed by atoms with E-state index < -0.39 is 6.10 Å². The van der Waals surface area contributed by atoms with Crippen LogP contribution >= 0.6 is 0 Å². The van der Waals surface area contributed by atoms with E-state index in [-0.39, 0.29) is 5.60 Å². The summed E-state index contributed by atoms with van der Waals surface area (Å²) in [5.74, 6) is 1.33.